The van der Waals surface area contributed by atoms with E-state index in [0.717, 1.165) is 9.79 Å². The fourth-order valence-electron chi connectivity index (χ4n) is 1.97. The second-order valence-electron chi connectivity index (χ2n) is 3.98. The zero-order valence-corrected chi connectivity index (χ0v) is 11.0. The summed E-state index contributed by atoms with van der Waals surface area (Å²) in [4.78, 5) is 2.22. The van der Waals surface area contributed by atoms with E-state index in [-0.39, 0.29) is 10.5 Å². The second kappa shape index (κ2) is 4.57. The molecule has 2 unspecified atom stereocenters. The molecule has 1 aliphatic heterocycles. The molecule has 2 nitrogen and oxygen atoms in total. The highest BCUT2D eigenvalue weighted by molar-refractivity contribution is 8.06. The summed E-state index contributed by atoms with van der Waals surface area (Å²) >= 11 is 3.00. The highest BCUT2D eigenvalue weighted by Gasteiger charge is 2.30. The first-order valence-corrected chi connectivity index (χ1v) is 7.23. The van der Waals surface area contributed by atoms with Crippen LogP contribution in [0.15, 0.2) is 46.2 Å². The van der Waals surface area contributed by atoms with Gasteiger partial charge in [0.1, 0.15) is 10.5 Å². The third-order valence-electron chi connectivity index (χ3n) is 2.85. The molecule has 0 radical (unpaired) electrons. The molecule has 1 heterocycles. The van der Waals surface area contributed by atoms with Crippen molar-refractivity contribution in [2.24, 2.45) is 0 Å². The second-order valence-corrected chi connectivity index (χ2v) is 6.35. The van der Waals surface area contributed by atoms with Gasteiger partial charge in [-0.1, -0.05) is 24.3 Å². The van der Waals surface area contributed by atoms with Crippen LogP contribution in [0, 0.1) is 22.7 Å². The molecular formula is C14H8N2S2. The molecule has 0 aromatic heterocycles. The molecule has 86 valence electrons. The van der Waals surface area contributed by atoms with E-state index in [4.69, 9.17) is 10.5 Å². The SMILES string of the molecule is N#CC1Sc2cc3ccccc3cc2SC1C#N. The van der Waals surface area contributed by atoms with E-state index < -0.39 is 0 Å². The van der Waals surface area contributed by atoms with Crippen molar-refractivity contribution in [1.82, 2.24) is 0 Å². The summed E-state index contributed by atoms with van der Waals surface area (Å²) in [5.41, 5.74) is 0. The Morgan fingerprint density at radius 2 is 1.28 bits per heavy atom. The van der Waals surface area contributed by atoms with Gasteiger partial charge in [-0.3, -0.25) is 0 Å². The number of benzene rings is 2. The van der Waals surface area contributed by atoms with Gasteiger partial charge in [0.15, 0.2) is 0 Å². The standard InChI is InChI=1S/C14H8N2S2/c15-7-13-14(8-16)18-12-6-10-4-2-1-3-9(10)5-11(12)17-13/h1-6,13-14H. The highest BCUT2D eigenvalue weighted by atomic mass is 32.2. The Labute approximate surface area is 114 Å². The molecule has 0 saturated heterocycles. The van der Waals surface area contributed by atoms with Crippen molar-refractivity contribution in [3.8, 4) is 12.1 Å². The molecule has 18 heavy (non-hydrogen) atoms. The molecule has 0 aliphatic carbocycles. The van der Waals surface area contributed by atoms with E-state index in [2.05, 4.69) is 36.4 Å². The monoisotopic (exact) mass is 268 g/mol. The quantitative estimate of drug-likeness (QED) is 0.728. The topological polar surface area (TPSA) is 47.6 Å². The Morgan fingerprint density at radius 1 is 0.833 bits per heavy atom. The van der Waals surface area contributed by atoms with Gasteiger partial charge in [-0.2, -0.15) is 10.5 Å². The molecule has 0 saturated carbocycles. The van der Waals surface area contributed by atoms with Gasteiger partial charge in [-0.05, 0) is 22.9 Å². The highest BCUT2D eigenvalue weighted by Crippen LogP contribution is 2.46. The minimum atomic E-state index is -0.284. The third kappa shape index (κ3) is 1.84. The molecule has 2 aromatic rings. The fourth-order valence-corrected chi connectivity index (χ4v) is 4.35. The first kappa shape index (κ1) is 11.5. The lowest BCUT2D eigenvalue weighted by Crippen LogP contribution is -2.19. The van der Waals surface area contributed by atoms with Gasteiger partial charge in [0.05, 0.1) is 12.1 Å². The van der Waals surface area contributed by atoms with Crippen LogP contribution in [0.3, 0.4) is 0 Å². The van der Waals surface area contributed by atoms with Crippen LogP contribution >= 0.6 is 23.5 Å². The van der Waals surface area contributed by atoms with Crippen molar-refractivity contribution >= 4 is 34.3 Å². The molecule has 1 aliphatic rings. The molecule has 0 bridgehead atoms. The number of nitrogens with zero attached hydrogens (tertiary/aromatic N) is 2. The molecule has 0 fully saturated rings. The van der Waals surface area contributed by atoms with E-state index in [0.29, 0.717) is 0 Å². The Balaban J connectivity index is 2.13. The van der Waals surface area contributed by atoms with Gasteiger partial charge in [0.2, 0.25) is 0 Å². The van der Waals surface area contributed by atoms with Crippen molar-refractivity contribution in [3.05, 3.63) is 36.4 Å². The van der Waals surface area contributed by atoms with E-state index >= 15 is 0 Å². The van der Waals surface area contributed by atoms with Crippen molar-refractivity contribution in [3.63, 3.8) is 0 Å². The van der Waals surface area contributed by atoms with Crippen molar-refractivity contribution in [2.75, 3.05) is 0 Å². The normalized spacial score (nSPS) is 21.9. The first-order valence-electron chi connectivity index (χ1n) is 5.47. The first-order chi connectivity index (χ1) is 8.81. The molecule has 0 amide bonds. The number of hydrogen-bond donors (Lipinski definition) is 0. The average molecular weight is 268 g/mol. The lowest BCUT2D eigenvalue weighted by molar-refractivity contribution is 1.07. The lowest BCUT2D eigenvalue weighted by atomic mass is 10.1. The Hall–Kier alpha value is -1.62. The maximum atomic E-state index is 9.10. The minimum absolute atomic E-state index is 0.284. The maximum absolute atomic E-state index is 9.10. The Bertz CT molecular complexity index is 636. The van der Waals surface area contributed by atoms with E-state index in [1.165, 1.54) is 34.3 Å². The summed E-state index contributed by atoms with van der Waals surface area (Å²) in [5.74, 6) is 0. The molecule has 2 atom stereocenters. The maximum Gasteiger partial charge on any atom is 0.122 e. The van der Waals surface area contributed by atoms with Crippen molar-refractivity contribution < 1.29 is 0 Å². The fraction of sp³-hybridized carbons (Fsp3) is 0.143. The zero-order chi connectivity index (χ0) is 12.5. The number of hydrogen-bond acceptors (Lipinski definition) is 4. The summed E-state index contributed by atoms with van der Waals surface area (Å²) in [7, 11) is 0. The van der Waals surface area contributed by atoms with E-state index in [1.807, 2.05) is 12.1 Å². The lowest BCUT2D eigenvalue weighted by Gasteiger charge is -2.23. The predicted octanol–water partition coefficient (Wildman–Crippen LogP) is 3.82. The van der Waals surface area contributed by atoms with Crippen LogP contribution in [0.5, 0.6) is 0 Å². The number of thioether (sulfide) groups is 2. The summed E-state index contributed by atoms with van der Waals surface area (Å²) in [5, 5.41) is 20.0. The van der Waals surface area contributed by atoms with Gasteiger partial charge < -0.3 is 0 Å². The largest absolute Gasteiger partial charge is 0.197 e. The van der Waals surface area contributed by atoms with Crippen LogP contribution in [0.2, 0.25) is 0 Å². The molecule has 0 N–H and O–H groups in total. The van der Waals surface area contributed by atoms with Gasteiger partial charge in [0.25, 0.3) is 0 Å². The number of fused-ring (bicyclic) bond motifs is 2. The van der Waals surface area contributed by atoms with Gasteiger partial charge in [-0.25, -0.2) is 0 Å². The average Bonchev–Trinajstić information content (AvgIpc) is 2.43. The Kier molecular flexibility index (Phi) is 2.91. The predicted molar refractivity (Wildman–Crippen MR) is 74.5 cm³/mol. The van der Waals surface area contributed by atoms with Crippen LogP contribution in [-0.4, -0.2) is 10.5 Å². The number of nitriles is 2. The van der Waals surface area contributed by atoms with Crippen LogP contribution < -0.4 is 0 Å². The third-order valence-corrected chi connectivity index (χ3v) is 5.60. The molecule has 3 rings (SSSR count). The summed E-state index contributed by atoms with van der Waals surface area (Å²) < 4.78 is 0. The van der Waals surface area contributed by atoms with Crippen LogP contribution in [0.1, 0.15) is 0 Å². The summed E-state index contributed by atoms with van der Waals surface area (Å²) in [6, 6.07) is 16.8. The van der Waals surface area contributed by atoms with Gasteiger partial charge in [0, 0.05) is 9.79 Å². The molecule has 4 heteroatoms. The van der Waals surface area contributed by atoms with Crippen molar-refractivity contribution in [1.29, 1.82) is 10.5 Å². The van der Waals surface area contributed by atoms with Crippen LogP contribution in [0.4, 0.5) is 0 Å². The molecule has 0 spiro atoms. The number of rotatable bonds is 0. The smallest absolute Gasteiger partial charge is 0.122 e. The van der Waals surface area contributed by atoms with Crippen LogP contribution in [0.25, 0.3) is 10.8 Å². The summed E-state index contributed by atoms with van der Waals surface area (Å²) in [6.07, 6.45) is 0. The van der Waals surface area contributed by atoms with Crippen molar-refractivity contribution in [2.45, 2.75) is 20.3 Å². The minimum Gasteiger partial charge on any atom is -0.197 e. The molecule has 2 aromatic carbocycles. The van der Waals surface area contributed by atoms with Gasteiger partial charge in [-0.15, -0.1) is 23.5 Å². The molecular weight excluding hydrogens is 260 g/mol. The Morgan fingerprint density at radius 3 is 1.67 bits per heavy atom. The van der Waals surface area contributed by atoms with Crippen LogP contribution in [-0.2, 0) is 0 Å². The zero-order valence-electron chi connectivity index (χ0n) is 9.33. The van der Waals surface area contributed by atoms with Gasteiger partial charge >= 0.3 is 0 Å². The van der Waals surface area contributed by atoms with E-state index in [1.54, 1.807) is 0 Å². The van der Waals surface area contributed by atoms with E-state index in [9.17, 15) is 0 Å². The summed E-state index contributed by atoms with van der Waals surface area (Å²) in [6.45, 7) is 0.